The normalized spacial score (nSPS) is 12.9. The van der Waals surface area contributed by atoms with E-state index in [0.29, 0.717) is 25.7 Å². The third kappa shape index (κ3) is 5.41. The van der Waals surface area contributed by atoms with Crippen molar-refractivity contribution in [3.63, 3.8) is 0 Å². The second kappa shape index (κ2) is 11.1. The van der Waals surface area contributed by atoms with Gasteiger partial charge in [0.1, 0.15) is 11.5 Å². The largest absolute Gasteiger partial charge is 0.507 e. The van der Waals surface area contributed by atoms with E-state index in [1.54, 1.807) is 27.7 Å². The van der Waals surface area contributed by atoms with E-state index in [1.807, 2.05) is 0 Å². The molecular formula is C27H34F6O2. The Morgan fingerprint density at radius 1 is 0.514 bits per heavy atom. The van der Waals surface area contributed by atoms with Gasteiger partial charge in [0.15, 0.2) is 0 Å². The van der Waals surface area contributed by atoms with Gasteiger partial charge in [-0.2, -0.15) is 26.3 Å². The third-order valence-corrected chi connectivity index (χ3v) is 6.33. The molecule has 2 N–H and O–H groups in total. The van der Waals surface area contributed by atoms with Crippen LogP contribution in [-0.2, 0) is 31.1 Å². The summed E-state index contributed by atoms with van der Waals surface area (Å²) in [5, 5.41) is 21.2. The highest BCUT2D eigenvalue weighted by Gasteiger charge is 2.72. The Bertz CT molecular complexity index is 872. The van der Waals surface area contributed by atoms with Crippen molar-refractivity contribution in [3.8, 4) is 11.5 Å². The van der Waals surface area contributed by atoms with Gasteiger partial charge in [-0.15, -0.1) is 0 Å². The molecule has 0 saturated carbocycles. The first-order valence-electron chi connectivity index (χ1n) is 12.1. The molecule has 0 aliphatic heterocycles. The summed E-state index contributed by atoms with van der Waals surface area (Å²) in [5.74, 6) is -0.500. The average molecular weight is 505 g/mol. The zero-order chi connectivity index (χ0) is 26.6. The highest BCUT2D eigenvalue weighted by atomic mass is 19.4. The number of phenols is 2. The van der Waals surface area contributed by atoms with Crippen molar-refractivity contribution in [1.82, 2.24) is 0 Å². The summed E-state index contributed by atoms with van der Waals surface area (Å²) < 4.78 is 89.2. The first-order valence-corrected chi connectivity index (χ1v) is 12.1. The molecule has 0 aliphatic carbocycles. The number of phenolic OH excluding ortho intramolecular Hbond substituents is 2. The van der Waals surface area contributed by atoms with Gasteiger partial charge in [-0.05, 0) is 59.1 Å². The molecule has 0 fully saturated rings. The van der Waals surface area contributed by atoms with Crippen LogP contribution in [0.1, 0.15) is 86.8 Å². The van der Waals surface area contributed by atoms with Crippen LogP contribution in [0.5, 0.6) is 11.5 Å². The molecule has 0 amide bonds. The van der Waals surface area contributed by atoms with Crippen LogP contribution in [0, 0.1) is 0 Å². The standard InChI is InChI=1S/C27H34F6O2/c1-5-9-17-13-21(14-18(10-6-2)23(17)34)25(26(28,29)30,27(31,32)33)22-15-19(11-7-3)24(35)20(16-22)12-8-4/h13-16,34-35H,5-12H2,1-4H3. The molecule has 0 spiro atoms. The molecule has 0 unspecified atom stereocenters. The molecule has 2 aromatic rings. The number of hydrogen-bond donors (Lipinski definition) is 2. The summed E-state index contributed by atoms with van der Waals surface area (Å²) in [5.41, 5.74) is -5.99. The van der Waals surface area contributed by atoms with Crippen molar-refractivity contribution in [3.05, 3.63) is 57.6 Å². The lowest BCUT2D eigenvalue weighted by Gasteiger charge is -2.39. The van der Waals surface area contributed by atoms with Gasteiger partial charge >= 0.3 is 12.4 Å². The lowest BCUT2D eigenvalue weighted by molar-refractivity contribution is -0.288. The average Bonchev–Trinajstić information content (AvgIpc) is 2.73. The topological polar surface area (TPSA) is 40.5 Å². The summed E-state index contributed by atoms with van der Waals surface area (Å²) in [6, 6.07) is 3.41. The monoisotopic (exact) mass is 504 g/mol. The van der Waals surface area contributed by atoms with E-state index >= 15 is 0 Å². The minimum absolute atomic E-state index is 0.0627. The van der Waals surface area contributed by atoms with E-state index < -0.39 is 28.9 Å². The van der Waals surface area contributed by atoms with E-state index in [0.717, 1.165) is 24.3 Å². The Balaban J connectivity index is 3.10. The minimum atomic E-state index is -5.74. The number of hydrogen-bond acceptors (Lipinski definition) is 2. The Kier molecular flexibility index (Phi) is 9.17. The first-order chi connectivity index (χ1) is 16.3. The van der Waals surface area contributed by atoms with Crippen molar-refractivity contribution in [1.29, 1.82) is 0 Å². The van der Waals surface area contributed by atoms with Gasteiger partial charge in [0.25, 0.3) is 0 Å². The third-order valence-electron chi connectivity index (χ3n) is 6.33. The van der Waals surface area contributed by atoms with Crippen molar-refractivity contribution in [2.75, 3.05) is 0 Å². The van der Waals surface area contributed by atoms with Gasteiger partial charge in [-0.25, -0.2) is 0 Å². The van der Waals surface area contributed by atoms with Gasteiger partial charge in [0, 0.05) is 0 Å². The zero-order valence-corrected chi connectivity index (χ0v) is 20.6. The zero-order valence-electron chi connectivity index (χ0n) is 20.6. The molecule has 0 heterocycles. The molecule has 2 nitrogen and oxygen atoms in total. The number of rotatable bonds is 10. The van der Waals surface area contributed by atoms with Gasteiger partial charge in [0.2, 0.25) is 5.41 Å². The maximum atomic E-state index is 14.9. The van der Waals surface area contributed by atoms with Crippen molar-refractivity contribution in [2.45, 2.75) is 96.8 Å². The fourth-order valence-corrected chi connectivity index (χ4v) is 4.77. The maximum Gasteiger partial charge on any atom is 0.411 e. The van der Waals surface area contributed by atoms with Gasteiger partial charge in [0.05, 0.1) is 0 Å². The van der Waals surface area contributed by atoms with Crippen molar-refractivity contribution >= 4 is 0 Å². The second-order valence-corrected chi connectivity index (χ2v) is 9.03. The van der Waals surface area contributed by atoms with E-state index in [2.05, 4.69) is 0 Å². The SMILES string of the molecule is CCCc1cc(C(c2cc(CCC)c(O)c(CCC)c2)(C(F)(F)F)C(F)(F)F)cc(CCC)c1O. The number of halogens is 6. The van der Waals surface area contributed by atoms with Crippen LogP contribution in [0.4, 0.5) is 26.3 Å². The molecule has 0 atom stereocenters. The lowest BCUT2D eigenvalue weighted by Crippen LogP contribution is -2.55. The summed E-state index contributed by atoms with van der Waals surface area (Å²) in [6.45, 7) is 6.95. The molecule has 2 rings (SSSR count). The van der Waals surface area contributed by atoms with E-state index in [1.165, 1.54) is 0 Å². The summed E-state index contributed by atoms with van der Waals surface area (Å²) in [6.07, 6.45) is -9.16. The molecular weight excluding hydrogens is 470 g/mol. The maximum absolute atomic E-state index is 14.9. The smallest absolute Gasteiger partial charge is 0.411 e. The number of aromatic hydroxyl groups is 2. The summed E-state index contributed by atoms with van der Waals surface area (Å²) in [4.78, 5) is 0. The fourth-order valence-electron chi connectivity index (χ4n) is 4.77. The summed E-state index contributed by atoms with van der Waals surface area (Å²) >= 11 is 0. The van der Waals surface area contributed by atoms with E-state index in [4.69, 9.17) is 0 Å². The molecule has 35 heavy (non-hydrogen) atoms. The Hall–Kier alpha value is -2.38. The van der Waals surface area contributed by atoms with Crippen LogP contribution in [0.3, 0.4) is 0 Å². The molecule has 0 saturated heterocycles. The first kappa shape index (κ1) is 28.9. The van der Waals surface area contributed by atoms with Crippen molar-refractivity contribution < 1.29 is 36.6 Å². The Morgan fingerprint density at radius 3 is 0.914 bits per heavy atom. The molecule has 8 heteroatoms. The molecule has 0 bridgehead atoms. The van der Waals surface area contributed by atoms with Crippen LogP contribution >= 0.6 is 0 Å². The quantitative estimate of drug-likeness (QED) is 0.320. The molecule has 2 aromatic carbocycles. The number of benzene rings is 2. The minimum Gasteiger partial charge on any atom is -0.507 e. The predicted octanol–water partition coefficient (Wildman–Crippen LogP) is 8.32. The molecule has 0 radical (unpaired) electrons. The van der Waals surface area contributed by atoms with Crippen LogP contribution in [0.15, 0.2) is 24.3 Å². The van der Waals surface area contributed by atoms with Crippen molar-refractivity contribution in [2.24, 2.45) is 0 Å². The second-order valence-electron chi connectivity index (χ2n) is 9.03. The number of aryl methyl sites for hydroxylation is 4. The Morgan fingerprint density at radius 2 is 0.743 bits per heavy atom. The van der Waals surface area contributed by atoms with Crippen LogP contribution in [-0.4, -0.2) is 22.6 Å². The van der Waals surface area contributed by atoms with Gasteiger partial charge in [-0.1, -0.05) is 77.6 Å². The molecule has 0 aromatic heterocycles. The van der Waals surface area contributed by atoms with Crippen LogP contribution in [0.2, 0.25) is 0 Å². The fraction of sp³-hybridized carbons (Fsp3) is 0.556. The lowest BCUT2D eigenvalue weighted by atomic mass is 9.70. The van der Waals surface area contributed by atoms with Crippen LogP contribution in [0.25, 0.3) is 0 Å². The van der Waals surface area contributed by atoms with Crippen LogP contribution < -0.4 is 0 Å². The van der Waals surface area contributed by atoms with Gasteiger partial charge < -0.3 is 10.2 Å². The molecule has 0 aliphatic rings. The molecule has 196 valence electrons. The van der Waals surface area contributed by atoms with E-state index in [-0.39, 0.29) is 59.4 Å². The summed E-state index contributed by atoms with van der Waals surface area (Å²) in [7, 11) is 0. The predicted molar refractivity (Wildman–Crippen MR) is 125 cm³/mol. The number of alkyl halides is 6. The van der Waals surface area contributed by atoms with E-state index in [9.17, 15) is 36.6 Å². The highest BCUT2D eigenvalue weighted by molar-refractivity contribution is 5.55. The van der Waals surface area contributed by atoms with Gasteiger partial charge in [-0.3, -0.25) is 0 Å². The Labute approximate surface area is 203 Å². The highest BCUT2D eigenvalue weighted by Crippen LogP contribution is 2.57.